The summed E-state index contributed by atoms with van der Waals surface area (Å²) in [6.07, 6.45) is 7.17. The lowest BCUT2D eigenvalue weighted by atomic mass is 9.69. The van der Waals surface area contributed by atoms with Gasteiger partial charge in [-0.05, 0) is 82.6 Å². The predicted molar refractivity (Wildman–Crippen MR) is 114 cm³/mol. The minimum absolute atomic E-state index is 0.0551. The minimum atomic E-state index is 0.0551. The Bertz CT molecular complexity index is 664. The summed E-state index contributed by atoms with van der Waals surface area (Å²) in [6.45, 7) is 11.1. The van der Waals surface area contributed by atoms with Crippen molar-refractivity contribution in [2.45, 2.75) is 63.5 Å². The number of nitrogens with one attached hydrogen (secondary N) is 1. The normalized spacial score (nSPS) is 25.2. The van der Waals surface area contributed by atoms with Gasteiger partial charge in [0, 0.05) is 18.5 Å². The first-order valence-corrected chi connectivity index (χ1v) is 10.8. The third kappa shape index (κ3) is 5.03. The minimum Gasteiger partial charge on any atom is -0.465 e. The number of fused-ring (bicyclic) bond motifs is 2. The number of ether oxygens (including phenoxy) is 1. The Hall–Kier alpha value is -1.65. The number of hydrogen-bond donors (Lipinski definition) is 1. The molecule has 0 bridgehead atoms. The van der Waals surface area contributed by atoms with Gasteiger partial charge in [-0.3, -0.25) is 4.79 Å². The molecule has 1 saturated carbocycles. The molecule has 0 radical (unpaired) electrons. The van der Waals surface area contributed by atoms with E-state index in [4.69, 9.17) is 4.74 Å². The molecule has 4 rings (SSSR count). The van der Waals surface area contributed by atoms with Crippen molar-refractivity contribution in [3.63, 3.8) is 0 Å². The van der Waals surface area contributed by atoms with Gasteiger partial charge in [-0.15, -0.1) is 0 Å². The van der Waals surface area contributed by atoms with Gasteiger partial charge in [-0.25, -0.2) is 0 Å². The third-order valence-electron chi connectivity index (χ3n) is 6.90. The fourth-order valence-corrected chi connectivity index (χ4v) is 5.00. The first-order valence-electron chi connectivity index (χ1n) is 10.8. The molecule has 1 saturated heterocycles. The maximum Gasteiger partial charge on any atom is 0.293 e. The molecular formula is C24H36N2O2. The van der Waals surface area contributed by atoms with Crippen LogP contribution in [0, 0.1) is 5.92 Å². The van der Waals surface area contributed by atoms with Crippen LogP contribution in [0.3, 0.4) is 0 Å². The van der Waals surface area contributed by atoms with Gasteiger partial charge >= 0.3 is 0 Å². The molecule has 4 nitrogen and oxygen atoms in total. The topological polar surface area (TPSA) is 41.6 Å². The lowest BCUT2D eigenvalue weighted by Gasteiger charge is -2.44. The number of rotatable bonds is 3. The lowest BCUT2D eigenvalue weighted by molar-refractivity contribution is -0.135. The number of allylic oxidation sites excluding steroid dienone is 1. The average molecular weight is 385 g/mol. The van der Waals surface area contributed by atoms with E-state index in [9.17, 15) is 4.79 Å². The third-order valence-corrected chi connectivity index (χ3v) is 6.90. The molecule has 1 aliphatic carbocycles. The molecule has 3 aliphatic rings. The van der Waals surface area contributed by atoms with E-state index in [0.717, 1.165) is 32.4 Å². The number of piperidine rings is 1. The van der Waals surface area contributed by atoms with Crippen LogP contribution < -0.4 is 5.32 Å². The fraction of sp³-hybridized carbons (Fsp3) is 0.625. The first kappa shape index (κ1) is 21.1. The quantitative estimate of drug-likeness (QED) is 0.631. The summed E-state index contributed by atoms with van der Waals surface area (Å²) in [5.41, 5.74) is 4.84. The predicted octanol–water partition coefficient (Wildman–Crippen LogP) is 4.05. The number of carbonyl (C=O) groups excluding carboxylic acids is 1. The highest BCUT2D eigenvalue weighted by Gasteiger charge is 2.38. The maximum atomic E-state index is 10.1. The molecule has 2 aliphatic heterocycles. The second kappa shape index (κ2) is 9.71. The van der Waals surface area contributed by atoms with Gasteiger partial charge in [0.15, 0.2) is 0 Å². The second-order valence-corrected chi connectivity index (χ2v) is 8.89. The Kier molecular flexibility index (Phi) is 7.30. The Morgan fingerprint density at radius 2 is 2.07 bits per heavy atom. The van der Waals surface area contributed by atoms with Crippen molar-refractivity contribution in [2.75, 3.05) is 26.7 Å². The van der Waals surface area contributed by atoms with Crippen LogP contribution in [0.2, 0.25) is 0 Å². The van der Waals surface area contributed by atoms with Gasteiger partial charge in [-0.1, -0.05) is 36.4 Å². The second-order valence-electron chi connectivity index (χ2n) is 8.89. The molecule has 0 amide bonds. The summed E-state index contributed by atoms with van der Waals surface area (Å²) in [7, 11) is 2.23. The number of carbonyl (C=O) groups is 1. The summed E-state index contributed by atoms with van der Waals surface area (Å²) in [5, 5.41) is 3.60. The van der Waals surface area contributed by atoms with E-state index in [1.54, 1.807) is 5.56 Å². The van der Waals surface area contributed by atoms with E-state index < -0.39 is 0 Å². The Balaban J connectivity index is 0.000000169. The molecule has 154 valence electrons. The standard InChI is InChI=1S/C14H20N2.C10H16O2/c1-16-8-6-14(7-9-16)11-15-10-12-4-2-3-5-13(12)14;1-8-4-3-5-10(6-8)9(2)12-7-11/h2-5,15H,6-11H2,1H3;7,9-10H,1,3-6H2,2H3. The number of nitrogens with zero attached hydrogens (tertiary/aromatic N) is 1. The van der Waals surface area contributed by atoms with Gasteiger partial charge in [0.1, 0.15) is 6.10 Å². The van der Waals surface area contributed by atoms with Crippen LogP contribution in [0.25, 0.3) is 0 Å². The SMILES string of the molecule is C=C1CCCC(C(C)OC=O)C1.CN1CCC2(CC1)CNCc1ccccc12. The molecule has 28 heavy (non-hydrogen) atoms. The van der Waals surface area contributed by atoms with Gasteiger partial charge in [0.25, 0.3) is 6.47 Å². The molecule has 2 atom stereocenters. The summed E-state index contributed by atoms with van der Waals surface area (Å²) in [5.74, 6) is 0.497. The zero-order chi connectivity index (χ0) is 20.0. The lowest BCUT2D eigenvalue weighted by Crippen LogP contribution is -2.49. The zero-order valence-electron chi connectivity index (χ0n) is 17.6. The Morgan fingerprint density at radius 1 is 1.32 bits per heavy atom. The zero-order valence-corrected chi connectivity index (χ0v) is 17.6. The highest BCUT2D eigenvalue weighted by molar-refractivity contribution is 5.38. The molecule has 1 N–H and O–H groups in total. The van der Waals surface area contributed by atoms with Crippen LogP contribution in [-0.2, 0) is 21.5 Å². The summed E-state index contributed by atoms with van der Waals surface area (Å²) in [4.78, 5) is 12.5. The van der Waals surface area contributed by atoms with Crippen molar-refractivity contribution in [3.05, 3.63) is 47.5 Å². The van der Waals surface area contributed by atoms with Crippen LogP contribution in [-0.4, -0.2) is 44.2 Å². The number of benzene rings is 1. The van der Waals surface area contributed by atoms with Gasteiger partial charge in [0.2, 0.25) is 0 Å². The van der Waals surface area contributed by atoms with E-state index in [1.165, 1.54) is 43.5 Å². The molecule has 4 heteroatoms. The van der Waals surface area contributed by atoms with Crippen molar-refractivity contribution >= 4 is 6.47 Å². The molecule has 1 aromatic carbocycles. The van der Waals surface area contributed by atoms with Crippen molar-refractivity contribution in [1.29, 1.82) is 0 Å². The van der Waals surface area contributed by atoms with Crippen LogP contribution in [0.5, 0.6) is 0 Å². The summed E-state index contributed by atoms with van der Waals surface area (Å²) < 4.78 is 4.91. The molecule has 1 spiro atoms. The fourth-order valence-electron chi connectivity index (χ4n) is 5.00. The first-order chi connectivity index (χ1) is 13.5. The molecule has 2 unspecified atom stereocenters. The summed E-state index contributed by atoms with van der Waals surface area (Å²) in [6, 6.07) is 8.99. The van der Waals surface area contributed by atoms with E-state index in [2.05, 4.69) is 48.1 Å². The number of hydrogen-bond acceptors (Lipinski definition) is 4. The molecule has 0 aromatic heterocycles. The largest absolute Gasteiger partial charge is 0.465 e. The van der Waals surface area contributed by atoms with Crippen LogP contribution in [0.4, 0.5) is 0 Å². The molecule has 1 aromatic rings. The summed E-state index contributed by atoms with van der Waals surface area (Å²) >= 11 is 0. The van der Waals surface area contributed by atoms with Crippen molar-refractivity contribution in [3.8, 4) is 0 Å². The van der Waals surface area contributed by atoms with Crippen LogP contribution >= 0.6 is 0 Å². The van der Waals surface area contributed by atoms with Crippen LogP contribution in [0.1, 0.15) is 56.6 Å². The Labute approximate surface area is 170 Å². The van der Waals surface area contributed by atoms with Gasteiger partial charge in [0.05, 0.1) is 0 Å². The van der Waals surface area contributed by atoms with Crippen molar-refractivity contribution in [1.82, 2.24) is 10.2 Å². The maximum absolute atomic E-state index is 10.1. The highest BCUT2D eigenvalue weighted by Crippen LogP contribution is 2.38. The monoisotopic (exact) mass is 384 g/mol. The van der Waals surface area contributed by atoms with Crippen molar-refractivity contribution in [2.24, 2.45) is 5.92 Å². The number of likely N-dealkylation sites (tertiary alicyclic amines) is 1. The molecular weight excluding hydrogens is 348 g/mol. The average Bonchev–Trinajstić information content (AvgIpc) is 2.71. The van der Waals surface area contributed by atoms with Gasteiger partial charge in [-0.2, -0.15) is 0 Å². The smallest absolute Gasteiger partial charge is 0.293 e. The van der Waals surface area contributed by atoms with E-state index in [1.807, 2.05) is 6.92 Å². The van der Waals surface area contributed by atoms with E-state index >= 15 is 0 Å². The van der Waals surface area contributed by atoms with Crippen molar-refractivity contribution < 1.29 is 9.53 Å². The Morgan fingerprint density at radius 3 is 2.79 bits per heavy atom. The molecule has 2 fully saturated rings. The van der Waals surface area contributed by atoms with Gasteiger partial charge < -0.3 is 15.0 Å². The molecule has 2 heterocycles. The van der Waals surface area contributed by atoms with E-state index in [0.29, 0.717) is 17.8 Å². The van der Waals surface area contributed by atoms with E-state index in [-0.39, 0.29) is 6.10 Å². The van der Waals surface area contributed by atoms with Crippen LogP contribution in [0.15, 0.2) is 36.4 Å². The highest BCUT2D eigenvalue weighted by atomic mass is 16.5.